The van der Waals surface area contributed by atoms with E-state index in [-0.39, 0.29) is 11.9 Å². The Bertz CT molecular complexity index is 622. The number of nitrogens with zero attached hydrogens (tertiary/aromatic N) is 2. The number of carbonyl (C=O) groups excluding carboxylic acids is 1. The van der Waals surface area contributed by atoms with Gasteiger partial charge in [0.15, 0.2) is 0 Å². The van der Waals surface area contributed by atoms with Gasteiger partial charge in [-0.1, -0.05) is 18.2 Å². The summed E-state index contributed by atoms with van der Waals surface area (Å²) < 4.78 is 7.16. The third-order valence-electron chi connectivity index (χ3n) is 3.59. The summed E-state index contributed by atoms with van der Waals surface area (Å²) >= 11 is 0. The highest BCUT2D eigenvalue weighted by Crippen LogP contribution is 2.18. The molecule has 2 aromatic rings. The number of rotatable bonds is 7. The van der Waals surface area contributed by atoms with E-state index < -0.39 is 0 Å². The number of methoxy groups -OCH3 is 1. The van der Waals surface area contributed by atoms with E-state index in [1.807, 2.05) is 55.2 Å². The van der Waals surface area contributed by atoms with Gasteiger partial charge in [-0.3, -0.25) is 9.48 Å². The van der Waals surface area contributed by atoms with Crippen molar-refractivity contribution in [3.05, 3.63) is 47.8 Å². The van der Waals surface area contributed by atoms with Crippen LogP contribution in [0, 0.1) is 6.92 Å². The zero-order valence-corrected chi connectivity index (χ0v) is 13.4. The van der Waals surface area contributed by atoms with Gasteiger partial charge in [0.1, 0.15) is 5.75 Å². The Morgan fingerprint density at radius 1 is 1.41 bits per heavy atom. The predicted octanol–water partition coefficient (Wildman–Crippen LogP) is 2.51. The molecule has 1 amide bonds. The second-order valence-electron chi connectivity index (χ2n) is 5.46. The molecule has 118 valence electrons. The van der Waals surface area contributed by atoms with Gasteiger partial charge in [-0.2, -0.15) is 5.10 Å². The first kappa shape index (κ1) is 16.1. The number of ether oxygens (including phenoxy) is 1. The van der Waals surface area contributed by atoms with E-state index in [0.29, 0.717) is 19.4 Å². The standard InChI is InChI=1S/C17H23N3O2/c1-13-10-19-20(12-13)14(2)11-18-17(21)9-8-15-6-4-5-7-16(15)22-3/h4-7,10,12,14H,8-9,11H2,1-3H3,(H,18,21). The number of amides is 1. The molecule has 0 aliphatic rings. The van der Waals surface area contributed by atoms with Crippen molar-refractivity contribution >= 4 is 5.91 Å². The molecule has 0 fully saturated rings. The lowest BCUT2D eigenvalue weighted by Gasteiger charge is -2.13. The molecule has 5 nitrogen and oxygen atoms in total. The van der Waals surface area contributed by atoms with Crippen LogP contribution in [0.2, 0.25) is 0 Å². The van der Waals surface area contributed by atoms with Gasteiger partial charge in [0.05, 0.1) is 19.3 Å². The van der Waals surface area contributed by atoms with Crippen molar-refractivity contribution in [2.75, 3.05) is 13.7 Å². The van der Waals surface area contributed by atoms with Crippen LogP contribution in [0.4, 0.5) is 0 Å². The first-order valence-corrected chi connectivity index (χ1v) is 7.49. The van der Waals surface area contributed by atoms with Crippen molar-refractivity contribution < 1.29 is 9.53 Å². The largest absolute Gasteiger partial charge is 0.496 e. The fraction of sp³-hybridized carbons (Fsp3) is 0.412. The lowest BCUT2D eigenvalue weighted by molar-refractivity contribution is -0.121. The smallest absolute Gasteiger partial charge is 0.220 e. The molecule has 0 aliphatic carbocycles. The van der Waals surface area contributed by atoms with E-state index in [4.69, 9.17) is 4.74 Å². The minimum absolute atomic E-state index is 0.0432. The van der Waals surface area contributed by atoms with Crippen LogP contribution in [0.15, 0.2) is 36.7 Å². The predicted molar refractivity (Wildman–Crippen MR) is 86.0 cm³/mol. The summed E-state index contributed by atoms with van der Waals surface area (Å²) in [5.74, 6) is 0.873. The monoisotopic (exact) mass is 301 g/mol. The summed E-state index contributed by atoms with van der Waals surface area (Å²) in [5, 5.41) is 7.22. The SMILES string of the molecule is COc1ccccc1CCC(=O)NCC(C)n1cc(C)cn1. The molecule has 0 saturated carbocycles. The van der Waals surface area contributed by atoms with Gasteiger partial charge in [-0.25, -0.2) is 0 Å². The molecule has 1 N–H and O–H groups in total. The van der Waals surface area contributed by atoms with E-state index in [2.05, 4.69) is 10.4 Å². The van der Waals surface area contributed by atoms with Gasteiger partial charge in [0, 0.05) is 19.2 Å². The highest BCUT2D eigenvalue weighted by atomic mass is 16.5. The summed E-state index contributed by atoms with van der Waals surface area (Å²) in [6, 6.07) is 7.92. The van der Waals surface area contributed by atoms with Crippen molar-refractivity contribution in [1.29, 1.82) is 0 Å². The molecule has 0 bridgehead atoms. The molecule has 0 spiro atoms. The maximum atomic E-state index is 12.0. The van der Waals surface area contributed by atoms with E-state index >= 15 is 0 Å². The Kier molecular flexibility index (Phi) is 5.58. The van der Waals surface area contributed by atoms with Gasteiger partial charge < -0.3 is 10.1 Å². The van der Waals surface area contributed by atoms with Gasteiger partial charge in [0.25, 0.3) is 0 Å². The van der Waals surface area contributed by atoms with E-state index in [9.17, 15) is 4.79 Å². The minimum atomic E-state index is 0.0432. The number of nitrogens with one attached hydrogen (secondary N) is 1. The second kappa shape index (κ2) is 7.64. The van der Waals surface area contributed by atoms with Crippen molar-refractivity contribution in [3.63, 3.8) is 0 Å². The summed E-state index contributed by atoms with van der Waals surface area (Å²) in [6.45, 7) is 4.61. The molecule has 1 aromatic heterocycles. The second-order valence-corrected chi connectivity index (χ2v) is 5.46. The first-order chi connectivity index (χ1) is 10.6. The average molecular weight is 301 g/mol. The van der Waals surface area contributed by atoms with Gasteiger partial charge in [-0.05, 0) is 37.5 Å². The Labute approximate surface area is 131 Å². The van der Waals surface area contributed by atoms with E-state index in [1.165, 1.54) is 0 Å². The zero-order chi connectivity index (χ0) is 15.9. The number of aryl methyl sites for hydroxylation is 2. The Morgan fingerprint density at radius 2 is 2.18 bits per heavy atom. The van der Waals surface area contributed by atoms with Crippen molar-refractivity contribution in [1.82, 2.24) is 15.1 Å². The average Bonchev–Trinajstić information content (AvgIpc) is 2.97. The summed E-state index contributed by atoms with van der Waals surface area (Å²) in [7, 11) is 1.65. The highest BCUT2D eigenvalue weighted by molar-refractivity contribution is 5.76. The zero-order valence-electron chi connectivity index (χ0n) is 13.4. The van der Waals surface area contributed by atoms with Crippen LogP contribution in [-0.2, 0) is 11.2 Å². The molecule has 1 atom stereocenters. The van der Waals surface area contributed by atoms with Crippen LogP contribution >= 0.6 is 0 Å². The third-order valence-corrected chi connectivity index (χ3v) is 3.59. The fourth-order valence-corrected chi connectivity index (χ4v) is 2.28. The summed E-state index contributed by atoms with van der Waals surface area (Å²) in [6.07, 6.45) is 4.92. The Balaban J connectivity index is 1.78. The van der Waals surface area contributed by atoms with Crippen LogP contribution < -0.4 is 10.1 Å². The van der Waals surface area contributed by atoms with Crippen LogP contribution in [0.25, 0.3) is 0 Å². The molecule has 1 heterocycles. The topological polar surface area (TPSA) is 56.1 Å². The minimum Gasteiger partial charge on any atom is -0.496 e. The summed E-state index contributed by atoms with van der Waals surface area (Å²) in [5.41, 5.74) is 2.17. The van der Waals surface area contributed by atoms with Crippen LogP contribution in [0.5, 0.6) is 5.75 Å². The van der Waals surface area contributed by atoms with Crippen LogP contribution in [0.3, 0.4) is 0 Å². The number of hydrogen-bond donors (Lipinski definition) is 1. The van der Waals surface area contributed by atoms with Crippen LogP contribution in [0.1, 0.15) is 30.5 Å². The van der Waals surface area contributed by atoms with E-state index in [1.54, 1.807) is 7.11 Å². The lowest BCUT2D eigenvalue weighted by Crippen LogP contribution is -2.29. The molecule has 1 unspecified atom stereocenters. The lowest BCUT2D eigenvalue weighted by atomic mass is 10.1. The number of benzene rings is 1. The Hall–Kier alpha value is -2.30. The van der Waals surface area contributed by atoms with Crippen molar-refractivity contribution in [2.45, 2.75) is 32.7 Å². The normalized spacial score (nSPS) is 12.0. The molecule has 0 radical (unpaired) electrons. The van der Waals surface area contributed by atoms with E-state index in [0.717, 1.165) is 16.9 Å². The number of carbonyl (C=O) groups is 1. The molecule has 1 aromatic carbocycles. The maximum Gasteiger partial charge on any atom is 0.220 e. The van der Waals surface area contributed by atoms with Crippen molar-refractivity contribution in [3.8, 4) is 5.75 Å². The molecular weight excluding hydrogens is 278 g/mol. The number of hydrogen-bond acceptors (Lipinski definition) is 3. The van der Waals surface area contributed by atoms with Gasteiger partial charge in [0.2, 0.25) is 5.91 Å². The first-order valence-electron chi connectivity index (χ1n) is 7.49. The Morgan fingerprint density at radius 3 is 2.86 bits per heavy atom. The van der Waals surface area contributed by atoms with Crippen LogP contribution in [-0.4, -0.2) is 29.3 Å². The van der Waals surface area contributed by atoms with Gasteiger partial charge >= 0.3 is 0 Å². The van der Waals surface area contributed by atoms with Gasteiger partial charge in [-0.15, -0.1) is 0 Å². The summed E-state index contributed by atoms with van der Waals surface area (Å²) in [4.78, 5) is 12.0. The number of aromatic nitrogens is 2. The third kappa shape index (κ3) is 4.35. The molecule has 0 aliphatic heterocycles. The molecular formula is C17H23N3O2. The fourth-order valence-electron chi connectivity index (χ4n) is 2.28. The highest BCUT2D eigenvalue weighted by Gasteiger charge is 2.09. The maximum absolute atomic E-state index is 12.0. The van der Waals surface area contributed by atoms with Crippen molar-refractivity contribution in [2.24, 2.45) is 0 Å². The molecule has 0 saturated heterocycles. The quantitative estimate of drug-likeness (QED) is 0.855. The number of para-hydroxylation sites is 1. The molecule has 22 heavy (non-hydrogen) atoms. The molecule has 5 heteroatoms. The molecule has 2 rings (SSSR count).